The van der Waals surface area contributed by atoms with Crippen LogP contribution in [-0.2, 0) is 6.42 Å². The van der Waals surface area contributed by atoms with E-state index in [0.717, 1.165) is 59.2 Å². The minimum atomic E-state index is 0.611. The maximum absolute atomic E-state index is 6.27. The van der Waals surface area contributed by atoms with Crippen molar-refractivity contribution in [1.29, 1.82) is 0 Å². The molecule has 0 unspecified atom stereocenters. The first-order valence-corrected chi connectivity index (χ1v) is 12.4. The molecule has 0 aliphatic carbocycles. The van der Waals surface area contributed by atoms with Crippen LogP contribution in [0, 0.1) is 0 Å². The van der Waals surface area contributed by atoms with Crippen LogP contribution in [-0.4, -0.2) is 41.6 Å². The molecule has 0 spiro atoms. The number of nitrogens with one attached hydrogen (secondary N) is 1. The van der Waals surface area contributed by atoms with E-state index in [1.807, 2.05) is 42.5 Å². The van der Waals surface area contributed by atoms with E-state index in [4.69, 9.17) is 9.72 Å². The fourth-order valence-corrected chi connectivity index (χ4v) is 4.30. The molecular formula is C32H31N3O. The Morgan fingerprint density at radius 3 is 2.03 bits per heavy atom. The molecule has 0 aliphatic heterocycles. The van der Waals surface area contributed by atoms with Gasteiger partial charge in [-0.2, -0.15) is 0 Å². The molecule has 0 fully saturated rings. The summed E-state index contributed by atoms with van der Waals surface area (Å²) in [7, 11) is 2.14. The normalized spacial score (nSPS) is 11.1. The summed E-state index contributed by atoms with van der Waals surface area (Å²) in [5.74, 6) is 1.64. The van der Waals surface area contributed by atoms with Gasteiger partial charge in [0.1, 0.15) is 18.2 Å². The van der Waals surface area contributed by atoms with Crippen molar-refractivity contribution < 1.29 is 4.74 Å². The van der Waals surface area contributed by atoms with E-state index in [2.05, 4.69) is 89.7 Å². The summed E-state index contributed by atoms with van der Waals surface area (Å²) in [6.07, 6.45) is 1.03. The van der Waals surface area contributed by atoms with Crippen LogP contribution in [0.15, 0.2) is 115 Å². The average Bonchev–Trinajstić information content (AvgIpc) is 3.39. The summed E-state index contributed by atoms with van der Waals surface area (Å²) < 4.78 is 6.27. The molecule has 5 rings (SSSR count). The van der Waals surface area contributed by atoms with Crippen molar-refractivity contribution in [3.63, 3.8) is 0 Å². The molecule has 0 radical (unpaired) electrons. The molecule has 0 saturated carbocycles. The number of para-hydroxylation sites is 1. The molecule has 180 valence electrons. The molecule has 5 aromatic rings. The second kappa shape index (κ2) is 11.5. The highest BCUT2D eigenvalue weighted by Gasteiger charge is 2.17. The molecule has 0 amide bonds. The number of H-pyrrole nitrogens is 1. The van der Waals surface area contributed by atoms with Crippen molar-refractivity contribution in [2.75, 3.05) is 26.7 Å². The van der Waals surface area contributed by atoms with Crippen molar-refractivity contribution in [2.24, 2.45) is 0 Å². The van der Waals surface area contributed by atoms with Gasteiger partial charge in [-0.15, -0.1) is 0 Å². The predicted octanol–water partition coefficient (Wildman–Crippen LogP) is 6.96. The van der Waals surface area contributed by atoms with Crippen LogP contribution < -0.4 is 4.74 Å². The molecule has 0 atom stereocenters. The third-order valence-corrected chi connectivity index (χ3v) is 6.31. The highest BCUT2D eigenvalue weighted by Crippen LogP contribution is 2.35. The van der Waals surface area contributed by atoms with E-state index in [-0.39, 0.29) is 0 Å². The molecule has 4 heteroatoms. The van der Waals surface area contributed by atoms with Gasteiger partial charge in [0, 0.05) is 24.2 Å². The molecule has 4 aromatic carbocycles. The van der Waals surface area contributed by atoms with E-state index in [9.17, 15) is 0 Å². The topological polar surface area (TPSA) is 41.1 Å². The molecule has 4 nitrogen and oxygen atoms in total. The number of benzene rings is 4. The molecule has 0 aliphatic rings. The summed E-state index contributed by atoms with van der Waals surface area (Å²) in [5, 5.41) is 0. The number of hydrogen-bond acceptors (Lipinski definition) is 3. The Balaban J connectivity index is 1.33. The van der Waals surface area contributed by atoms with Crippen LogP contribution >= 0.6 is 0 Å². The largest absolute Gasteiger partial charge is 0.491 e. The lowest BCUT2D eigenvalue weighted by molar-refractivity contribution is 0.239. The first kappa shape index (κ1) is 23.6. The first-order valence-electron chi connectivity index (χ1n) is 12.4. The third-order valence-electron chi connectivity index (χ3n) is 6.31. The van der Waals surface area contributed by atoms with E-state index in [1.54, 1.807) is 0 Å². The number of likely N-dealkylation sites (N-methyl/N-ethyl adjacent to an activating group) is 1. The van der Waals surface area contributed by atoms with Crippen molar-refractivity contribution >= 4 is 0 Å². The zero-order valence-electron chi connectivity index (χ0n) is 20.6. The average molecular weight is 474 g/mol. The van der Waals surface area contributed by atoms with E-state index >= 15 is 0 Å². The van der Waals surface area contributed by atoms with Crippen molar-refractivity contribution in [2.45, 2.75) is 6.42 Å². The Labute approximate surface area is 213 Å². The van der Waals surface area contributed by atoms with Gasteiger partial charge in [0.15, 0.2) is 0 Å². The van der Waals surface area contributed by atoms with Gasteiger partial charge in [0.25, 0.3) is 0 Å². The van der Waals surface area contributed by atoms with E-state index in [0.29, 0.717) is 6.61 Å². The smallest absolute Gasteiger partial charge is 0.142 e. The van der Waals surface area contributed by atoms with Gasteiger partial charge in [0.2, 0.25) is 0 Å². The van der Waals surface area contributed by atoms with Crippen LogP contribution in [0.2, 0.25) is 0 Å². The molecule has 1 N–H and O–H groups in total. The standard InChI is InChI=1S/C32H31N3O/c1-35(22-21-25-13-5-2-6-14-25)23-24-36-29-20-12-11-19-28(29)32-33-30(26-15-7-3-8-16-26)31(34-32)27-17-9-4-10-18-27/h2-20H,21-24H2,1H3,(H,33,34). The van der Waals surface area contributed by atoms with Crippen LogP contribution in [0.1, 0.15) is 5.56 Å². The molecule has 0 saturated heterocycles. The predicted molar refractivity (Wildman–Crippen MR) is 148 cm³/mol. The van der Waals surface area contributed by atoms with Gasteiger partial charge in [-0.25, -0.2) is 4.98 Å². The number of aromatic nitrogens is 2. The number of rotatable bonds is 10. The van der Waals surface area contributed by atoms with E-state index in [1.165, 1.54) is 5.56 Å². The zero-order chi connectivity index (χ0) is 24.6. The van der Waals surface area contributed by atoms with Crippen molar-refractivity contribution in [1.82, 2.24) is 14.9 Å². The van der Waals surface area contributed by atoms with Gasteiger partial charge in [-0.1, -0.05) is 103 Å². The number of ether oxygens (including phenoxy) is 1. The quantitative estimate of drug-likeness (QED) is 0.238. The highest BCUT2D eigenvalue weighted by molar-refractivity contribution is 5.82. The number of aromatic amines is 1. The minimum absolute atomic E-state index is 0.611. The van der Waals surface area contributed by atoms with Gasteiger partial charge in [-0.3, -0.25) is 0 Å². The Kier molecular flexibility index (Phi) is 7.55. The summed E-state index contributed by atoms with van der Waals surface area (Å²) in [4.78, 5) is 10.9. The summed E-state index contributed by atoms with van der Waals surface area (Å²) in [6.45, 7) is 2.46. The number of hydrogen-bond donors (Lipinski definition) is 1. The highest BCUT2D eigenvalue weighted by atomic mass is 16.5. The van der Waals surface area contributed by atoms with Crippen LogP contribution in [0.3, 0.4) is 0 Å². The third kappa shape index (κ3) is 5.73. The van der Waals surface area contributed by atoms with Gasteiger partial charge in [0.05, 0.1) is 17.0 Å². The zero-order valence-corrected chi connectivity index (χ0v) is 20.6. The van der Waals surface area contributed by atoms with Gasteiger partial charge >= 0.3 is 0 Å². The van der Waals surface area contributed by atoms with E-state index < -0.39 is 0 Å². The molecule has 36 heavy (non-hydrogen) atoms. The molecule has 1 aromatic heterocycles. The fourth-order valence-electron chi connectivity index (χ4n) is 4.30. The SMILES string of the molecule is CN(CCOc1ccccc1-c1nc(-c2ccccc2)c(-c2ccccc2)[nH]1)CCc1ccccc1. The van der Waals surface area contributed by atoms with Crippen molar-refractivity contribution in [3.05, 3.63) is 121 Å². The van der Waals surface area contributed by atoms with Crippen LogP contribution in [0.4, 0.5) is 0 Å². The second-order valence-corrected chi connectivity index (χ2v) is 8.92. The summed E-state index contributed by atoms with van der Waals surface area (Å²) in [6, 6.07) is 39.4. The second-order valence-electron chi connectivity index (χ2n) is 8.92. The van der Waals surface area contributed by atoms with Crippen LogP contribution in [0.25, 0.3) is 33.9 Å². The lowest BCUT2D eigenvalue weighted by Gasteiger charge is -2.17. The number of nitrogens with zero attached hydrogens (tertiary/aromatic N) is 2. The van der Waals surface area contributed by atoms with Gasteiger partial charge < -0.3 is 14.6 Å². The molecule has 0 bridgehead atoms. The summed E-state index contributed by atoms with van der Waals surface area (Å²) in [5.41, 5.74) is 6.45. The maximum Gasteiger partial charge on any atom is 0.142 e. The van der Waals surface area contributed by atoms with Crippen LogP contribution in [0.5, 0.6) is 5.75 Å². The monoisotopic (exact) mass is 473 g/mol. The maximum atomic E-state index is 6.27. The Morgan fingerprint density at radius 1 is 0.694 bits per heavy atom. The molecular weight excluding hydrogens is 442 g/mol. The molecule has 1 heterocycles. The lowest BCUT2D eigenvalue weighted by atomic mass is 10.1. The first-order chi connectivity index (χ1) is 17.8. The van der Waals surface area contributed by atoms with Crippen molar-refractivity contribution in [3.8, 4) is 39.7 Å². The minimum Gasteiger partial charge on any atom is -0.491 e. The lowest BCUT2D eigenvalue weighted by Crippen LogP contribution is -2.26. The Hall–Kier alpha value is -4.15. The van der Waals surface area contributed by atoms with Gasteiger partial charge in [-0.05, 0) is 31.2 Å². The number of imidazole rings is 1. The Bertz CT molecular complexity index is 1310. The summed E-state index contributed by atoms with van der Waals surface area (Å²) >= 11 is 0. The fraction of sp³-hybridized carbons (Fsp3) is 0.156. The Morgan fingerprint density at radius 2 is 1.31 bits per heavy atom.